The van der Waals surface area contributed by atoms with Gasteiger partial charge in [0, 0.05) is 0 Å². The maximum Gasteiger partial charge on any atom is 0.385 e. The van der Waals surface area contributed by atoms with Crippen molar-refractivity contribution in [2.45, 2.75) is 0 Å². The van der Waals surface area contributed by atoms with Gasteiger partial charge in [-0.15, -0.1) is 10.2 Å². The summed E-state index contributed by atoms with van der Waals surface area (Å²) in [5, 5.41) is 21.1. The predicted octanol–water partition coefficient (Wildman–Crippen LogP) is 0.291. The van der Waals surface area contributed by atoms with Crippen molar-refractivity contribution in [3.8, 4) is 11.8 Å². The molecular weight excluding hydrogens is 210 g/mol. The highest BCUT2D eigenvalue weighted by Crippen LogP contribution is 2.17. The molecule has 0 unspecified atom stereocenters. The molecule has 0 saturated heterocycles. The molecule has 7 heteroatoms. The summed E-state index contributed by atoms with van der Waals surface area (Å²) in [5.41, 5.74) is 0.263. The van der Waals surface area contributed by atoms with E-state index in [1.54, 1.807) is 18.2 Å². The quantitative estimate of drug-likeness (QED) is 0.570. The number of nitrogens with zero attached hydrogens (tertiary/aromatic N) is 4. The van der Waals surface area contributed by atoms with Crippen LogP contribution >= 0.6 is 0 Å². The van der Waals surface area contributed by atoms with E-state index < -0.39 is 5.97 Å². The number of carbonyl (C=O) groups excluding carboxylic acids is 1. The number of rotatable bonds is 2. The van der Waals surface area contributed by atoms with Crippen LogP contribution in [0, 0.1) is 11.3 Å². The first kappa shape index (κ1) is 9.79. The van der Waals surface area contributed by atoms with Crippen molar-refractivity contribution in [1.82, 2.24) is 20.6 Å². The highest BCUT2D eigenvalue weighted by molar-refractivity contribution is 5.87. The smallest absolute Gasteiger partial charge is 0.385 e. The van der Waals surface area contributed by atoms with Gasteiger partial charge in [-0.05, 0) is 17.3 Å². The number of tetrazole rings is 1. The molecule has 78 valence electrons. The van der Waals surface area contributed by atoms with Crippen LogP contribution in [-0.2, 0) is 0 Å². The van der Waals surface area contributed by atoms with Crippen LogP contribution in [0.15, 0.2) is 24.3 Å². The van der Waals surface area contributed by atoms with E-state index in [9.17, 15) is 4.79 Å². The van der Waals surface area contributed by atoms with Crippen molar-refractivity contribution in [3.63, 3.8) is 0 Å². The minimum atomic E-state index is -0.767. The van der Waals surface area contributed by atoms with Gasteiger partial charge in [0.25, 0.3) is 5.82 Å². The minimum Gasteiger partial charge on any atom is -0.419 e. The standard InChI is InChI=1S/C9H5N5O2/c10-5-6-3-1-2-4-7(6)16-9(15)8-11-13-14-12-8/h1-4H,(H,11,12,13,14). The van der Waals surface area contributed by atoms with Crippen molar-refractivity contribution in [2.75, 3.05) is 0 Å². The van der Waals surface area contributed by atoms with Gasteiger partial charge in [0.2, 0.25) is 0 Å². The number of esters is 1. The van der Waals surface area contributed by atoms with Crippen molar-refractivity contribution < 1.29 is 9.53 Å². The molecule has 0 radical (unpaired) electrons. The van der Waals surface area contributed by atoms with Gasteiger partial charge in [-0.2, -0.15) is 10.5 Å². The van der Waals surface area contributed by atoms with E-state index in [4.69, 9.17) is 10.00 Å². The Kier molecular flexibility index (Phi) is 2.56. The average Bonchev–Trinajstić information content (AvgIpc) is 2.83. The molecule has 16 heavy (non-hydrogen) atoms. The summed E-state index contributed by atoms with van der Waals surface area (Å²) in [6, 6.07) is 8.28. The van der Waals surface area contributed by atoms with Crippen LogP contribution in [0.4, 0.5) is 0 Å². The Morgan fingerprint density at radius 2 is 2.25 bits per heavy atom. The Bertz CT molecular complexity index is 543. The molecule has 2 rings (SSSR count). The maximum absolute atomic E-state index is 11.4. The summed E-state index contributed by atoms with van der Waals surface area (Å²) >= 11 is 0. The lowest BCUT2D eigenvalue weighted by atomic mass is 10.2. The van der Waals surface area contributed by atoms with E-state index in [0.29, 0.717) is 0 Å². The fourth-order valence-electron chi connectivity index (χ4n) is 1.04. The number of benzene rings is 1. The molecule has 7 nitrogen and oxygen atoms in total. The number of carbonyl (C=O) groups is 1. The minimum absolute atomic E-state index is 0.166. The summed E-state index contributed by atoms with van der Waals surface area (Å²) in [7, 11) is 0. The second-order valence-electron chi connectivity index (χ2n) is 2.73. The summed E-state index contributed by atoms with van der Waals surface area (Å²) in [5.74, 6) is -0.788. The molecule has 0 atom stereocenters. The molecule has 0 aliphatic carbocycles. The van der Waals surface area contributed by atoms with Gasteiger partial charge in [-0.1, -0.05) is 12.1 Å². The largest absolute Gasteiger partial charge is 0.419 e. The molecule has 1 heterocycles. The zero-order chi connectivity index (χ0) is 11.4. The van der Waals surface area contributed by atoms with E-state index in [2.05, 4.69) is 20.6 Å². The zero-order valence-corrected chi connectivity index (χ0v) is 7.91. The van der Waals surface area contributed by atoms with E-state index in [0.717, 1.165) is 0 Å². The summed E-state index contributed by atoms with van der Waals surface area (Å²) in [4.78, 5) is 11.4. The summed E-state index contributed by atoms with van der Waals surface area (Å²) < 4.78 is 4.93. The lowest BCUT2D eigenvalue weighted by Crippen LogP contribution is -2.11. The number of nitriles is 1. The third-order valence-corrected chi connectivity index (χ3v) is 1.74. The van der Waals surface area contributed by atoms with Gasteiger partial charge in [-0.3, -0.25) is 0 Å². The molecular formula is C9H5N5O2. The first-order valence-electron chi connectivity index (χ1n) is 4.26. The van der Waals surface area contributed by atoms with E-state index in [1.807, 2.05) is 6.07 Å². The van der Waals surface area contributed by atoms with Gasteiger partial charge in [0.05, 0.1) is 5.56 Å². The number of aromatic amines is 1. The average molecular weight is 215 g/mol. The predicted molar refractivity (Wildman–Crippen MR) is 50.3 cm³/mol. The Hall–Kier alpha value is -2.75. The van der Waals surface area contributed by atoms with Crippen molar-refractivity contribution in [1.29, 1.82) is 5.26 Å². The van der Waals surface area contributed by atoms with E-state index in [-0.39, 0.29) is 17.1 Å². The van der Waals surface area contributed by atoms with Crippen LogP contribution < -0.4 is 4.74 Å². The second-order valence-corrected chi connectivity index (χ2v) is 2.73. The number of nitrogens with one attached hydrogen (secondary N) is 1. The van der Waals surface area contributed by atoms with Gasteiger partial charge in [-0.25, -0.2) is 4.79 Å². The highest BCUT2D eigenvalue weighted by Gasteiger charge is 2.15. The van der Waals surface area contributed by atoms with Gasteiger partial charge in [0.15, 0.2) is 0 Å². The second kappa shape index (κ2) is 4.18. The number of para-hydroxylation sites is 1. The number of hydrogen-bond donors (Lipinski definition) is 1. The number of aromatic nitrogens is 4. The lowest BCUT2D eigenvalue weighted by Gasteiger charge is -2.02. The van der Waals surface area contributed by atoms with Gasteiger partial charge >= 0.3 is 5.97 Å². The zero-order valence-electron chi connectivity index (χ0n) is 7.91. The third kappa shape index (κ3) is 1.85. The number of H-pyrrole nitrogens is 1. The molecule has 1 aromatic heterocycles. The number of hydrogen-bond acceptors (Lipinski definition) is 6. The molecule has 0 spiro atoms. The Labute approximate surface area is 89.7 Å². The molecule has 0 aliphatic heterocycles. The topological polar surface area (TPSA) is 105 Å². The molecule has 0 bridgehead atoms. The summed E-state index contributed by atoms with van der Waals surface area (Å²) in [6.07, 6.45) is 0. The third-order valence-electron chi connectivity index (χ3n) is 1.74. The first-order chi connectivity index (χ1) is 7.81. The lowest BCUT2D eigenvalue weighted by molar-refractivity contribution is 0.0721. The van der Waals surface area contributed by atoms with Crippen LogP contribution in [0.1, 0.15) is 16.2 Å². The van der Waals surface area contributed by atoms with Crippen molar-refractivity contribution in [2.24, 2.45) is 0 Å². The van der Waals surface area contributed by atoms with Crippen LogP contribution in [0.3, 0.4) is 0 Å². The van der Waals surface area contributed by atoms with E-state index >= 15 is 0 Å². The fraction of sp³-hybridized carbons (Fsp3) is 0. The molecule has 0 amide bonds. The Balaban J connectivity index is 2.22. The van der Waals surface area contributed by atoms with Gasteiger partial charge in [0.1, 0.15) is 11.8 Å². The summed E-state index contributed by atoms with van der Waals surface area (Å²) in [6.45, 7) is 0. The van der Waals surface area contributed by atoms with Crippen LogP contribution in [0.2, 0.25) is 0 Å². The molecule has 0 fully saturated rings. The molecule has 1 N–H and O–H groups in total. The van der Waals surface area contributed by atoms with Crippen molar-refractivity contribution >= 4 is 5.97 Å². The molecule has 2 aromatic rings. The van der Waals surface area contributed by atoms with Crippen LogP contribution in [-0.4, -0.2) is 26.6 Å². The Morgan fingerprint density at radius 1 is 1.44 bits per heavy atom. The monoisotopic (exact) mass is 215 g/mol. The fourth-order valence-corrected chi connectivity index (χ4v) is 1.04. The normalized spacial score (nSPS) is 9.44. The van der Waals surface area contributed by atoms with Crippen LogP contribution in [0.25, 0.3) is 0 Å². The van der Waals surface area contributed by atoms with Crippen LogP contribution in [0.5, 0.6) is 5.75 Å². The highest BCUT2D eigenvalue weighted by atomic mass is 16.5. The van der Waals surface area contributed by atoms with E-state index in [1.165, 1.54) is 6.07 Å². The number of ether oxygens (including phenoxy) is 1. The SMILES string of the molecule is N#Cc1ccccc1OC(=O)c1nn[nH]n1. The van der Waals surface area contributed by atoms with Crippen molar-refractivity contribution in [3.05, 3.63) is 35.7 Å². The van der Waals surface area contributed by atoms with Gasteiger partial charge < -0.3 is 4.74 Å². The molecule has 1 aromatic carbocycles. The molecule has 0 aliphatic rings. The molecule has 0 saturated carbocycles. The maximum atomic E-state index is 11.4. The first-order valence-corrected chi connectivity index (χ1v) is 4.26. The Morgan fingerprint density at radius 3 is 2.94 bits per heavy atom.